The second kappa shape index (κ2) is 7.73. The Hall–Kier alpha value is -2.91. The molecule has 0 amide bonds. The molecule has 0 radical (unpaired) electrons. The molecule has 2 aromatic rings. The fraction of sp³-hybridized carbons (Fsp3) is 0.238. The van der Waals surface area contributed by atoms with E-state index in [1.165, 1.54) is 6.08 Å². The van der Waals surface area contributed by atoms with Crippen LogP contribution in [0.15, 0.2) is 62.9 Å². The average molecular weight is 468 g/mol. The molecule has 0 saturated heterocycles. The van der Waals surface area contributed by atoms with E-state index < -0.39 is 0 Å². The Morgan fingerprint density at radius 2 is 2.20 bits per heavy atom. The fourth-order valence-electron chi connectivity index (χ4n) is 3.73. The topological polar surface area (TPSA) is 93.0 Å². The molecule has 2 aromatic heterocycles. The van der Waals surface area contributed by atoms with Gasteiger partial charge in [-0.05, 0) is 34.2 Å². The van der Waals surface area contributed by atoms with Gasteiger partial charge in [0.25, 0.3) is 0 Å². The summed E-state index contributed by atoms with van der Waals surface area (Å²) in [4.78, 5) is 13.6. The molecule has 3 N–H and O–H groups in total. The van der Waals surface area contributed by atoms with Gasteiger partial charge in [0.15, 0.2) is 5.65 Å². The van der Waals surface area contributed by atoms with Crippen molar-refractivity contribution in [3.05, 3.63) is 64.2 Å². The van der Waals surface area contributed by atoms with Gasteiger partial charge in [0, 0.05) is 42.1 Å². The van der Waals surface area contributed by atoms with Crippen LogP contribution in [0.1, 0.15) is 11.3 Å². The zero-order valence-corrected chi connectivity index (χ0v) is 17.5. The Labute approximate surface area is 180 Å². The van der Waals surface area contributed by atoms with Crippen LogP contribution in [0.4, 0.5) is 10.2 Å². The van der Waals surface area contributed by atoms with Crippen LogP contribution in [0.3, 0.4) is 0 Å². The molecular weight excluding hydrogens is 449 g/mol. The number of allylic oxidation sites excluding steroid dienone is 4. The van der Waals surface area contributed by atoms with Crippen molar-refractivity contribution in [3.8, 4) is 0 Å². The van der Waals surface area contributed by atoms with Crippen molar-refractivity contribution in [2.24, 2.45) is 15.9 Å². The highest BCUT2D eigenvalue weighted by molar-refractivity contribution is 9.10. The van der Waals surface area contributed by atoms with Crippen molar-refractivity contribution >= 4 is 45.4 Å². The molecule has 3 atom stereocenters. The van der Waals surface area contributed by atoms with Gasteiger partial charge in [0.05, 0.1) is 29.0 Å². The molecule has 2 aliphatic heterocycles. The van der Waals surface area contributed by atoms with Crippen molar-refractivity contribution in [3.63, 3.8) is 0 Å². The number of halogens is 2. The molecule has 30 heavy (non-hydrogen) atoms. The molecule has 4 heterocycles. The predicted molar refractivity (Wildman–Crippen MR) is 120 cm³/mol. The van der Waals surface area contributed by atoms with Gasteiger partial charge in [-0.3, -0.25) is 9.98 Å². The number of rotatable bonds is 4. The summed E-state index contributed by atoms with van der Waals surface area (Å²) in [5, 5.41) is 7.83. The van der Waals surface area contributed by atoms with Crippen LogP contribution in [0.5, 0.6) is 0 Å². The van der Waals surface area contributed by atoms with Crippen molar-refractivity contribution < 1.29 is 4.39 Å². The molecule has 0 aromatic carbocycles. The molecule has 9 heteroatoms. The number of nitrogens with zero attached hydrogens (tertiary/aromatic N) is 5. The number of nitrogens with two attached hydrogens (primary N) is 1. The largest absolute Gasteiger partial charge is 0.383 e. The van der Waals surface area contributed by atoms with Crippen LogP contribution >= 0.6 is 15.9 Å². The summed E-state index contributed by atoms with van der Waals surface area (Å²) in [6, 6.07) is 0.0740. The van der Waals surface area contributed by atoms with Crippen molar-refractivity contribution in [2.45, 2.75) is 18.6 Å². The maximum Gasteiger partial charge on any atom is 0.165 e. The molecule has 1 aliphatic carbocycles. The zero-order valence-electron chi connectivity index (χ0n) is 15.9. The summed E-state index contributed by atoms with van der Waals surface area (Å²) >= 11 is 3.55. The van der Waals surface area contributed by atoms with E-state index in [9.17, 15) is 4.39 Å². The normalized spacial score (nSPS) is 24.8. The molecule has 7 nitrogen and oxygen atoms in total. The standard InChI is InChI=1S/C21H19BrFN7/c22-19-18(11-26-15-2-1-5-25-9-15)29-21-16(10-28-30(21)20(19)24)13-6-12-7-14(23)3-4-17(12)27-8-13/h1-8,10,12,15,17,26H,9,11,24H2. The lowest BCUT2D eigenvalue weighted by atomic mass is 9.89. The quantitative estimate of drug-likeness (QED) is 0.722. The Morgan fingerprint density at radius 1 is 1.30 bits per heavy atom. The molecule has 3 unspecified atom stereocenters. The zero-order chi connectivity index (χ0) is 20.7. The van der Waals surface area contributed by atoms with Crippen LogP contribution in [-0.2, 0) is 6.54 Å². The molecule has 0 spiro atoms. The van der Waals surface area contributed by atoms with Crippen LogP contribution in [0.25, 0.3) is 11.2 Å². The highest BCUT2D eigenvalue weighted by Gasteiger charge is 2.24. The molecular formula is C21H19BrFN7. The van der Waals surface area contributed by atoms with Gasteiger partial charge >= 0.3 is 0 Å². The maximum absolute atomic E-state index is 13.7. The van der Waals surface area contributed by atoms with Crippen molar-refractivity contribution in [1.82, 2.24) is 19.9 Å². The number of nitrogen functional groups attached to an aromatic ring is 1. The van der Waals surface area contributed by atoms with E-state index in [-0.39, 0.29) is 23.8 Å². The van der Waals surface area contributed by atoms with Gasteiger partial charge in [0.1, 0.15) is 11.6 Å². The van der Waals surface area contributed by atoms with E-state index >= 15 is 0 Å². The first-order valence-corrected chi connectivity index (χ1v) is 10.4. The van der Waals surface area contributed by atoms with Crippen LogP contribution in [0, 0.1) is 5.92 Å². The smallest absolute Gasteiger partial charge is 0.165 e. The summed E-state index contributed by atoms with van der Waals surface area (Å²) in [5.41, 5.74) is 9.40. The number of dihydropyridines is 2. The molecule has 0 fully saturated rings. The minimum Gasteiger partial charge on any atom is -0.383 e. The van der Waals surface area contributed by atoms with Crippen LogP contribution in [0.2, 0.25) is 0 Å². The minimum atomic E-state index is -0.246. The first-order valence-electron chi connectivity index (χ1n) is 9.62. The lowest BCUT2D eigenvalue weighted by Crippen LogP contribution is -2.31. The van der Waals surface area contributed by atoms with Gasteiger partial charge < -0.3 is 11.1 Å². The monoisotopic (exact) mass is 467 g/mol. The van der Waals surface area contributed by atoms with Crippen molar-refractivity contribution in [1.29, 1.82) is 0 Å². The Balaban J connectivity index is 1.49. The second-order valence-electron chi connectivity index (χ2n) is 7.32. The fourth-order valence-corrected chi connectivity index (χ4v) is 4.13. The lowest BCUT2D eigenvalue weighted by Gasteiger charge is -2.22. The minimum absolute atomic E-state index is 0.0757. The second-order valence-corrected chi connectivity index (χ2v) is 8.11. The Morgan fingerprint density at radius 3 is 3.03 bits per heavy atom. The van der Waals surface area contributed by atoms with E-state index in [1.807, 2.05) is 12.2 Å². The summed E-state index contributed by atoms with van der Waals surface area (Å²) in [5.74, 6) is 0.0973. The average Bonchev–Trinajstić information content (AvgIpc) is 3.19. The van der Waals surface area contributed by atoms with Crippen LogP contribution in [-0.4, -0.2) is 45.7 Å². The van der Waals surface area contributed by atoms with E-state index in [2.05, 4.69) is 42.4 Å². The molecule has 152 valence electrons. The molecule has 0 bridgehead atoms. The summed E-state index contributed by atoms with van der Waals surface area (Å²) in [6.45, 7) is 1.21. The van der Waals surface area contributed by atoms with Crippen LogP contribution < -0.4 is 11.1 Å². The number of nitrogens with one attached hydrogen (secondary N) is 1. The van der Waals surface area contributed by atoms with Gasteiger partial charge in [-0.2, -0.15) is 9.61 Å². The number of anilines is 1. The first-order chi connectivity index (χ1) is 14.6. The van der Waals surface area contributed by atoms with E-state index in [0.29, 0.717) is 29.0 Å². The van der Waals surface area contributed by atoms with Crippen molar-refractivity contribution in [2.75, 3.05) is 12.3 Å². The van der Waals surface area contributed by atoms with Gasteiger partial charge in [-0.1, -0.05) is 18.2 Å². The van der Waals surface area contributed by atoms with Gasteiger partial charge in [-0.15, -0.1) is 0 Å². The van der Waals surface area contributed by atoms with E-state index in [0.717, 1.165) is 16.8 Å². The predicted octanol–water partition coefficient (Wildman–Crippen LogP) is 3.05. The van der Waals surface area contributed by atoms with Gasteiger partial charge in [0.2, 0.25) is 0 Å². The maximum atomic E-state index is 13.7. The third kappa shape index (κ3) is 3.44. The Kier molecular flexibility index (Phi) is 4.92. The number of hydrogen-bond acceptors (Lipinski definition) is 6. The highest BCUT2D eigenvalue weighted by Crippen LogP contribution is 2.32. The van der Waals surface area contributed by atoms with E-state index in [1.54, 1.807) is 35.3 Å². The van der Waals surface area contributed by atoms with Gasteiger partial charge in [-0.25, -0.2) is 9.37 Å². The summed E-state index contributed by atoms with van der Waals surface area (Å²) in [7, 11) is 0. The SMILES string of the molecule is Nc1c(Br)c(CNC2C=CC=NC2)nc2c(C3=CC4C=C(F)C=CC4N=C3)cnn12. The number of aromatic nitrogens is 3. The molecule has 0 saturated carbocycles. The molecule has 5 rings (SSSR count). The Bertz CT molecular complexity index is 1190. The summed E-state index contributed by atoms with van der Waals surface area (Å²) < 4.78 is 16.0. The third-order valence-corrected chi connectivity index (χ3v) is 6.19. The first kappa shape index (κ1) is 19.1. The third-order valence-electron chi connectivity index (χ3n) is 5.33. The number of aliphatic imine (C=N–C) groups is 2. The number of fused-ring (bicyclic) bond motifs is 2. The number of hydrogen-bond donors (Lipinski definition) is 2. The highest BCUT2D eigenvalue weighted by atomic mass is 79.9. The summed E-state index contributed by atoms with van der Waals surface area (Å²) in [6.07, 6.45) is 16.1. The van der Waals surface area contributed by atoms with E-state index in [4.69, 9.17) is 10.7 Å². The molecule has 3 aliphatic rings. The lowest BCUT2D eigenvalue weighted by molar-refractivity contribution is 0.590.